The number of nitrogens with zero attached hydrogens (tertiary/aromatic N) is 1. The number of aryl methyl sites for hydroxylation is 2. The maximum absolute atomic E-state index is 12.4. The van der Waals surface area contributed by atoms with Gasteiger partial charge in [0.25, 0.3) is 0 Å². The summed E-state index contributed by atoms with van der Waals surface area (Å²) in [5.74, 6) is -1.14. The first-order valence-corrected chi connectivity index (χ1v) is 8.37. The molecule has 7 heteroatoms. The Bertz CT molecular complexity index is 649. The van der Waals surface area contributed by atoms with E-state index in [-0.39, 0.29) is 11.3 Å². The molecule has 1 fully saturated rings. The SMILES string of the molecule is Cc1cc(C)c(NS(=O)(=O)N2CCCCC2)c(C(=O)O)c1. The smallest absolute Gasteiger partial charge is 0.337 e. The first kappa shape index (κ1) is 15.8. The van der Waals surface area contributed by atoms with Gasteiger partial charge in [0.2, 0.25) is 0 Å². The predicted octanol–water partition coefficient (Wildman–Crippen LogP) is 2.14. The Morgan fingerprint density at radius 2 is 1.81 bits per heavy atom. The molecule has 1 aliphatic rings. The number of carboxylic acids is 1. The van der Waals surface area contributed by atoms with Crippen LogP contribution in [0.1, 0.15) is 40.7 Å². The van der Waals surface area contributed by atoms with Crippen molar-refractivity contribution in [1.29, 1.82) is 0 Å². The second-order valence-electron chi connectivity index (χ2n) is 5.38. The van der Waals surface area contributed by atoms with Gasteiger partial charge in [-0.15, -0.1) is 0 Å². The molecule has 1 aromatic carbocycles. The highest BCUT2D eigenvalue weighted by Crippen LogP contribution is 2.25. The van der Waals surface area contributed by atoms with Crippen LogP contribution < -0.4 is 4.72 Å². The van der Waals surface area contributed by atoms with Crippen molar-refractivity contribution >= 4 is 21.9 Å². The Hall–Kier alpha value is -1.60. The van der Waals surface area contributed by atoms with Crippen LogP contribution in [0.2, 0.25) is 0 Å². The molecule has 1 heterocycles. The molecule has 0 atom stereocenters. The molecular formula is C14H20N2O4S. The molecule has 21 heavy (non-hydrogen) atoms. The van der Waals surface area contributed by atoms with Crippen LogP contribution in [-0.2, 0) is 10.2 Å². The Morgan fingerprint density at radius 3 is 2.38 bits per heavy atom. The summed E-state index contributed by atoms with van der Waals surface area (Å²) in [4.78, 5) is 11.3. The van der Waals surface area contributed by atoms with Crippen molar-refractivity contribution in [2.75, 3.05) is 17.8 Å². The number of rotatable bonds is 4. The zero-order valence-corrected chi connectivity index (χ0v) is 13.0. The van der Waals surface area contributed by atoms with Gasteiger partial charge in [0.15, 0.2) is 0 Å². The lowest BCUT2D eigenvalue weighted by Crippen LogP contribution is -2.39. The van der Waals surface area contributed by atoms with Crippen LogP contribution in [-0.4, -0.2) is 36.9 Å². The van der Waals surface area contributed by atoms with Crippen LogP contribution in [0.25, 0.3) is 0 Å². The molecular weight excluding hydrogens is 292 g/mol. The van der Waals surface area contributed by atoms with E-state index in [0.29, 0.717) is 18.7 Å². The summed E-state index contributed by atoms with van der Waals surface area (Å²) in [6.07, 6.45) is 2.69. The van der Waals surface area contributed by atoms with Crippen LogP contribution in [0.3, 0.4) is 0 Å². The van der Waals surface area contributed by atoms with Crippen LogP contribution in [0, 0.1) is 13.8 Å². The Morgan fingerprint density at radius 1 is 1.19 bits per heavy atom. The largest absolute Gasteiger partial charge is 0.478 e. The van der Waals surface area contributed by atoms with Crippen molar-refractivity contribution in [3.8, 4) is 0 Å². The third kappa shape index (κ3) is 3.54. The summed E-state index contributed by atoms with van der Waals surface area (Å²) >= 11 is 0. The third-order valence-electron chi connectivity index (χ3n) is 3.60. The molecule has 1 aromatic rings. The average Bonchev–Trinajstić information content (AvgIpc) is 2.42. The minimum absolute atomic E-state index is 0.0203. The number of hydrogen-bond acceptors (Lipinski definition) is 3. The summed E-state index contributed by atoms with van der Waals surface area (Å²) in [5, 5.41) is 9.27. The van der Waals surface area contributed by atoms with Gasteiger partial charge in [0, 0.05) is 13.1 Å². The number of nitrogens with one attached hydrogen (secondary N) is 1. The summed E-state index contributed by atoms with van der Waals surface area (Å²) in [6.45, 7) is 4.43. The van der Waals surface area contributed by atoms with Gasteiger partial charge in [0.05, 0.1) is 11.3 Å². The van der Waals surface area contributed by atoms with Crippen molar-refractivity contribution < 1.29 is 18.3 Å². The van der Waals surface area contributed by atoms with E-state index in [4.69, 9.17) is 0 Å². The minimum Gasteiger partial charge on any atom is -0.478 e. The third-order valence-corrected chi connectivity index (χ3v) is 5.10. The molecule has 0 aromatic heterocycles. The summed E-state index contributed by atoms with van der Waals surface area (Å²) in [6, 6.07) is 3.24. The van der Waals surface area contributed by atoms with Gasteiger partial charge in [-0.2, -0.15) is 12.7 Å². The van der Waals surface area contributed by atoms with Crippen LogP contribution >= 0.6 is 0 Å². The lowest BCUT2D eigenvalue weighted by Gasteiger charge is -2.27. The Kier molecular flexibility index (Phi) is 4.53. The maximum atomic E-state index is 12.4. The van der Waals surface area contributed by atoms with Crippen molar-refractivity contribution in [1.82, 2.24) is 4.31 Å². The zero-order valence-electron chi connectivity index (χ0n) is 12.2. The van der Waals surface area contributed by atoms with Crippen molar-refractivity contribution in [3.63, 3.8) is 0 Å². The lowest BCUT2D eigenvalue weighted by molar-refractivity contribution is 0.0698. The van der Waals surface area contributed by atoms with E-state index in [1.165, 1.54) is 10.4 Å². The molecule has 0 spiro atoms. The monoisotopic (exact) mass is 312 g/mol. The molecule has 0 aliphatic carbocycles. The van der Waals surface area contributed by atoms with Crippen LogP contribution in [0.4, 0.5) is 5.69 Å². The molecule has 1 aliphatic heterocycles. The van der Waals surface area contributed by atoms with Gasteiger partial charge in [-0.25, -0.2) is 4.79 Å². The van der Waals surface area contributed by atoms with Crippen molar-refractivity contribution in [2.24, 2.45) is 0 Å². The predicted molar refractivity (Wildman–Crippen MR) is 80.8 cm³/mol. The number of piperidine rings is 1. The number of carboxylic acid groups (broad SMARTS) is 1. The molecule has 6 nitrogen and oxygen atoms in total. The van der Waals surface area contributed by atoms with Gasteiger partial charge in [-0.05, 0) is 43.9 Å². The van der Waals surface area contributed by atoms with E-state index in [0.717, 1.165) is 24.8 Å². The van der Waals surface area contributed by atoms with E-state index < -0.39 is 16.2 Å². The van der Waals surface area contributed by atoms with Gasteiger partial charge in [-0.3, -0.25) is 4.72 Å². The molecule has 0 saturated carbocycles. The summed E-state index contributed by atoms with van der Waals surface area (Å²) in [5.41, 5.74) is 1.52. The number of benzene rings is 1. The van der Waals surface area contributed by atoms with Gasteiger partial charge >= 0.3 is 16.2 Å². The highest BCUT2D eigenvalue weighted by molar-refractivity contribution is 7.90. The van der Waals surface area contributed by atoms with Gasteiger partial charge in [0.1, 0.15) is 0 Å². The topological polar surface area (TPSA) is 86.7 Å². The number of anilines is 1. The Balaban J connectivity index is 2.36. The van der Waals surface area contributed by atoms with E-state index in [1.54, 1.807) is 19.9 Å². The van der Waals surface area contributed by atoms with Crippen LogP contribution in [0.15, 0.2) is 12.1 Å². The maximum Gasteiger partial charge on any atom is 0.337 e. The minimum atomic E-state index is -3.71. The second-order valence-corrected chi connectivity index (χ2v) is 7.05. The number of carbonyl (C=O) groups is 1. The van der Waals surface area contributed by atoms with E-state index in [1.807, 2.05) is 0 Å². The van der Waals surface area contributed by atoms with Crippen LogP contribution in [0.5, 0.6) is 0 Å². The normalized spacial score (nSPS) is 16.7. The zero-order chi connectivity index (χ0) is 15.6. The molecule has 0 radical (unpaired) electrons. The fourth-order valence-corrected chi connectivity index (χ4v) is 3.97. The van der Waals surface area contributed by atoms with Gasteiger partial charge < -0.3 is 5.11 Å². The first-order chi connectivity index (χ1) is 9.81. The second kappa shape index (κ2) is 6.03. The summed E-state index contributed by atoms with van der Waals surface area (Å²) < 4.78 is 28.6. The Labute approximate surface area is 125 Å². The molecule has 1 saturated heterocycles. The highest BCUT2D eigenvalue weighted by Gasteiger charge is 2.26. The first-order valence-electron chi connectivity index (χ1n) is 6.93. The standard InChI is InChI=1S/C14H20N2O4S/c1-10-8-11(2)13(12(9-10)14(17)18)15-21(19,20)16-6-4-3-5-7-16/h8-9,15H,3-7H2,1-2H3,(H,17,18). The molecule has 116 valence electrons. The number of aromatic carboxylic acids is 1. The average molecular weight is 312 g/mol. The van der Waals surface area contributed by atoms with E-state index in [9.17, 15) is 18.3 Å². The van der Waals surface area contributed by atoms with E-state index >= 15 is 0 Å². The fourth-order valence-electron chi connectivity index (χ4n) is 2.57. The fraction of sp³-hybridized carbons (Fsp3) is 0.500. The highest BCUT2D eigenvalue weighted by atomic mass is 32.2. The molecule has 2 N–H and O–H groups in total. The molecule has 0 amide bonds. The van der Waals surface area contributed by atoms with E-state index in [2.05, 4.69) is 4.72 Å². The van der Waals surface area contributed by atoms with Gasteiger partial charge in [-0.1, -0.05) is 12.5 Å². The molecule has 0 unspecified atom stereocenters. The lowest BCUT2D eigenvalue weighted by atomic mass is 10.0. The summed E-state index contributed by atoms with van der Waals surface area (Å²) in [7, 11) is -3.71. The molecule has 2 rings (SSSR count). The van der Waals surface area contributed by atoms with Crippen molar-refractivity contribution in [2.45, 2.75) is 33.1 Å². The number of hydrogen-bond donors (Lipinski definition) is 2. The molecule has 0 bridgehead atoms. The van der Waals surface area contributed by atoms with Crippen molar-refractivity contribution in [3.05, 3.63) is 28.8 Å². The quantitative estimate of drug-likeness (QED) is 0.892.